The number of nitriles is 1. The Bertz CT molecular complexity index is 630. The van der Waals surface area contributed by atoms with Gasteiger partial charge in [-0.2, -0.15) is 5.26 Å². The first-order valence-corrected chi connectivity index (χ1v) is 5.76. The molecular weight excluding hydrogens is 228 g/mol. The van der Waals surface area contributed by atoms with E-state index >= 15 is 0 Å². The van der Waals surface area contributed by atoms with E-state index in [4.69, 9.17) is 15.4 Å². The lowest BCUT2D eigenvalue weighted by molar-refractivity contribution is 0.414. The topological polar surface area (TPSA) is 80.8 Å². The minimum absolute atomic E-state index is 0.125. The van der Waals surface area contributed by atoms with Gasteiger partial charge in [-0.1, -0.05) is 0 Å². The second-order valence-corrected chi connectivity index (χ2v) is 4.44. The fraction of sp³-hybridized carbons (Fsp3) is 0.385. The maximum absolute atomic E-state index is 9.11. The Morgan fingerprint density at radius 1 is 1.44 bits per heavy atom. The predicted octanol–water partition coefficient (Wildman–Crippen LogP) is 2.46. The summed E-state index contributed by atoms with van der Waals surface area (Å²) in [5.41, 5.74) is 8.43. The van der Waals surface area contributed by atoms with E-state index in [0.29, 0.717) is 17.3 Å². The Morgan fingerprint density at radius 3 is 2.56 bits per heavy atom. The standard InChI is InChI=1S/C13H16N4O/c1-7-6-16-13(18-7)10(4)17-9(3)8(2)11(5-14)12(17)15/h6,10H,15H2,1-4H3. The maximum Gasteiger partial charge on any atom is 0.217 e. The van der Waals surface area contributed by atoms with Gasteiger partial charge < -0.3 is 14.7 Å². The van der Waals surface area contributed by atoms with Gasteiger partial charge in [0.2, 0.25) is 5.89 Å². The molecule has 5 heteroatoms. The Balaban J connectivity index is 2.56. The SMILES string of the molecule is Cc1cnc(C(C)n2c(C)c(C)c(C#N)c2N)o1. The molecule has 1 atom stereocenters. The number of rotatable bonds is 2. The van der Waals surface area contributed by atoms with Crippen molar-refractivity contribution in [3.05, 3.63) is 34.7 Å². The van der Waals surface area contributed by atoms with Crippen LogP contribution in [0.5, 0.6) is 0 Å². The molecule has 18 heavy (non-hydrogen) atoms. The number of aryl methyl sites for hydroxylation is 1. The van der Waals surface area contributed by atoms with Crippen LogP contribution in [-0.4, -0.2) is 9.55 Å². The normalized spacial score (nSPS) is 12.4. The number of oxazole rings is 1. The molecule has 5 nitrogen and oxygen atoms in total. The van der Waals surface area contributed by atoms with Crippen molar-refractivity contribution >= 4 is 5.82 Å². The Morgan fingerprint density at radius 2 is 2.11 bits per heavy atom. The molecule has 2 heterocycles. The molecule has 0 aliphatic rings. The van der Waals surface area contributed by atoms with Gasteiger partial charge in [0.1, 0.15) is 23.7 Å². The van der Waals surface area contributed by atoms with Gasteiger partial charge in [0.25, 0.3) is 0 Å². The summed E-state index contributed by atoms with van der Waals surface area (Å²) in [5, 5.41) is 9.11. The molecular formula is C13H16N4O. The number of anilines is 1. The van der Waals surface area contributed by atoms with Gasteiger partial charge in [-0.25, -0.2) is 4.98 Å². The first kappa shape index (κ1) is 12.2. The molecule has 0 aromatic carbocycles. The van der Waals surface area contributed by atoms with Crippen molar-refractivity contribution in [1.82, 2.24) is 9.55 Å². The van der Waals surface area contributed by atoms with Gasteiger partial charge >= 0.3 is 0 Å². The van der Waals surface area contributed by atoms with Crippen molar-refractivity contribution in [3.63, 3.8) is 0 Å². The number of nitrogen functional groups attached to an aromatic ring is 1. The lowest BCUT2D eigenvalue weighted by atomic mass is 10.2. The van der Waals surface area contributed by atoms with Gasteiger partial charge in [0.15, 0.2) is 0 Å². The zero-order valence-electron chi connectivity index (χ0n) is 11.0. The Labute approximate surface area is 106 Å². The average molecular weight is 244 g/mol. The minimum atomic E-state index is -0.125. The highest BCUT2D eigenvalue weighted by atomic mass is 16.4. The third kappa shape index (κ3) is 1.66. The van der Waals surface area contributed by atoms with Crippen molar-refractivity contribution in [1.29, 1.82) is 5.26 Å². The van der Waals surface area contributed by atoms with E-state index in [1.807, 2.05) is 32.3 Å². The van der Waals surface area contributed by atoms with Gasteiger partial charge in [-0.15, -0.1) is 0 Å². The number of nitrogens with two attached hydrogens (primary N) is 1. The lowest BCUT2D eigenvalue weighted by Crippen LogP contribution is -2.12. The molecule has 0 aliphatic carbocycles. The summed E-state index contributed by atoms with van der Waals surface area (Å²) in [4.78, 5) is 4.21. The summed E-state index contributed by atoms with van der Waals surface area (Å²) in [6.07, 6.45) is 1.68. The third-order valence-electron chi connectivity index (χ3n) is 3.29. The largest absolute Gasteiger partial charge is 0.444 e. The number of hydrogen-bond donors (Lipinski definition) is 1. The summed E-state index contributed by atoms with van der Waals surface area (Å²) in [5.74, 6) is 1.83. The highest BCUT2D eigenvalue weighted by Crippen LogP contribution is 2.30. The van der Waals surface area contributed by atoms with Crippen LogP contribution in [-0.2, 0) is 0 Å². The van der Waals surface area contributed by atoms with Crippen LogP contribution in [0.4, 0.5) is 5.82 Å². The quantitative estimate of drug-likeness (QED) is 0.879. The molecule has 94 valence electrons. The summed E-state index contributed by atoms with van der Waals surface area (Å²) in [7, 11) is 0. The lowest BCUT2D eigenvalue weighted by Gasteiger charge is -2.14. The molecule has 0 bridgehead atoms. The third-order valence-corrected chi connectivity index (χ3v) is 3.29. The monoisotopic (exact) mass is 244 g/mol. The number of aromatic nitrogens is 2. The van der Waals surface area contributed by atoms with Gasteiger partial charge in [-0.05, 0) is 33.3 Å². The molecule has 1 unspecified atom stereocenters. The highest BCUT2D eigenvalue weighted by molar-refractivity contribution is 5.58. The van der Waals surface area contributed by atoms with Crippen molar-refractivity contribution < 1.29 is 4.42 Å². The zero-order chi connectivity index (χ0) is 13.4. The summed E-state index contributed by atoms with van der Waals surface area (Å²) in [6, 6.07) is 2.01. The van der Waals surface area contributed by atoms with Crippen molar-refractivity contribution in [2.24, 2.45) is 0 Å². The van der Waals surface area contributed by atoms with Crippen LogP contribution in [0.3, 0.4) is 0 Å². The van der Waals surface area contributed by atoms with Crippen LogP contribution in [0.15, 0.2) is 10.6 Å². The smallest absolute Gasteiger partial charge is 0.217 e. The molecule has 0 fully saturated rings. The van der Waals surface area contributed by atoms with Crippen LogP contribution < -0.4 is 5.73 Å². The summed E-state index contributed by atoms with van der Waals surface area (Å²) < 4.78 is 7.41. The molecule has 2 aromatic heterocycles. The maximum atomic E-state index is 9.11. The molecule has 0 radical (unpaired) electrons. The highest BCUT2D eigenvalue weighted by Gasteiger charge is 2.22. The van der Waals surface area contributed by atoms with E-state index < -0.39 is 0 Å². The number of nitrogens with zero attached hydrogens (tertiary/aromatic N) is 3. The van der Waals surface area contributed by atoms with Gasteiger partial charge in [0, 0.05) is 5.69 Å². The molecule has 0 saturated carbocycles. The molecule has 0 saturated heterocycles. The Kier molecular flexibility index (Phi) is 2.87. The van der Waals surface area contributed by atoms with E-state index in [2.05, 4.69) is 11.1 Å². The molecule has 0 spiro atoms. The average Bonchev–Trinajstić information content (AvgIpc) is 2.84. The van der Waals surface area contributed by atoms with Crippen molar-refractivity contribution in [3.8, 4) is 6.07 Å². The molecule has 0 amide bonds. The second-order valence-electron chi connectivity index (χ2n) is 4.44. The zero-order valence-corrected chi connectivity index (χ0v) is 11.0. The van der Waals surface area contributed by atoms with E-state index in [1.54, 1.807) is 6.20 Å². The molecule has 0 aliphatic heterocycles. The first-order valence-electron chi connectivity index (χ1n) is 5.76. The minimum Gasteiger partial charge on any atom is -0.444 e. The van der Waals surface area contributed by atoms with Crippen LogP contribution in [0, 0.1) is 32.1 Å². The Hall–Kier alpha value is -2.22. The summed E-state index contributed by atoms with van der Waals surface area (Å²) >= 11 is 0. The van der Waals surface area contributed by atoms with Crippen LogP contribution >= 0.6 is 0 Å². The first-order chi connectivity index (χ1) is 8.47. The molecule has 2 N–H and O–H groups in total. The van der Waals surface area contributed by atoms with E-state index in [1.165, 1.54) is 0 Å². The van der Waals surface area contributed by atoms with Crippen LogP contribution in [0.2, 0.25) is 0 Å². The fourth-order valence-corrected chi connectivity index (χ4v) is 2.17. The van der Waals surface area contributed by atoms with E-state index in [0.717, 1.165) is 17.0 Å². The van der Waals surface area contributed by atoms with E-state index in [-0.39, 0.29) is 6.04 Å². The van der Waals surface area contributed by atoms with Crippen LogP contribution in [0.1, 0.15) is 41.4 Å². The van der Waals surface area contributed by atoms with E-state index in [9.17, 15) is 0 Å². The van der Waals surface area contributed by atoms with Gasteiger partial charge in [0.05, 0.1) is 11.8 Å². The molecule has 2 rings (SSSR count). The van der Waals surface area contributed by atoms with Crippen molar-refractivity contribution in [2.75, 3.05) is 5.73 Å². The molecule has 2 aromatic rings. The summed E-state index contributed by atoms with van der Waals surface area (Å²) in [6.45, 7) is 7.64. The number of hydrogen-bond acceptors (Lipinski definition) is 4. The predicted molar refractivity (Wildman–Crippen MR) is 68.1 cm³/mol. The fourth-order valence-electron chi connectivity index (χ4n) is 2.17. The van der Waals surface area contributed by atoms with Crippen LogP contribution in [0.25, 0.3) is 0 Å². The van der Waals surface area contributed by atoms with Gasteiger partial charge in [-0.3, -0.25) is 0 Å². The second kappa shape index (κ2) is 4.22. The van der Waals surface area contributed by atoms with Crippen molar-refractivity contribution in [2.45, 2.75) is 33.7 Å².